The van der Waals surface area contributed by atoms with Gasteiger partial charge >= 0.3 is 5.97 Å². The fourth-order valence-corrected chi connectivity index (χ4v) is 3.48. The van der Waals surface area contributed by atoms with E-state index in [1.165, 1.54) is 0 Å². The minimum Gasteiger partial charge on any atom is -0.481 e. The van der Waals surface area contributed by atoms with E-state index >= 15 is 0 Å². The molecule has 0 saturated heterocycles. The fraction of sp³-hybridized carbons (Fsp3) is 0.350. The molecular weight excluding hydrogens is 272 g/mol. The molecule has 0 aliphatic heterocycles. The number of carboxylic acid groups (broad SMARTS) is 1. The van der Waals surface area contributed by atoms with Crippen molar-refractivity contribution < 1.29 is 9.90 Å². The van der Waals surface area contributed by atoms with Crippen LogP contribution in [0.15, 0.2) is 60.7 Å². The Balaban J connectivity index is 2.62. The first-order chi connectivity index (χ1) is 10.7. The molecule has 2 heteroatoms. The zero-order chi connectivity index (χ0) is 16.0. The monoisotopic (exact) mass is 296 g/mol. The van der Waals surface area contributed by atoms with Crippen LogP contribution in [0.1, 0.15) is 50.2 Å². The molecule has 2 rings (SSSR count). The van der Waals surface area contributed by atoms with Crippen LogP contribution in [0.25, 0.3) is 0 Å². The van der Waals surface area contributed by atoms with E-state index in [1.54, 1.807) is 0 Å². The summed E-state index contributed by atoms with van der Waals surface area (Å²) in [5.41, 5.74) is 1.13. The summed E-state index contributed by atoms with van der Waals surface area (Å²) >= 11 is 0. The molecule has 0 radical (unpaired) electrons. The number of rotatable bonds is 7. The Morgan fingerprint density at radius 1 is 1.00 bits per heavy atom. The van der Waals surface area contributed by atoms with Crippen molar-refractivity contribution in [3.63, 3.8) is 0 Å². The molecule has 2 aromatic carbocycles. The SMILES string of the molecule is CCCC(c1ccccc1)C(CC)(C(=O)O)c1ccccc1. The molecule has 0 bridgehead atoms. The first kappa shape index (κ1) is 16.3. The molecule has 0 aliphatic carbocycles. The Labute approximate surface area is 132 Å². The summed E-state index contributed by atoms with van der Waals surface area (Å²) in [4.78, 5) is 12.3. The second kappa shape index (κ2) is 7.26. The summed E-state index contributed by atoms with van der Waals surface area (Å²) in [6.07, 6.45) is 2.40. The second-order valence-corrected chi connectivity index (χ2v) is 5.75. The van der Waals surface area contributed by atoms with Crippen molar-refractivity contribution in [1.29, 1.82) is 0 Å². The normalized spacial score (nSPS) is 15.0. The molecule has 116 valence electrons. The summed E-state index contributed by atoms with van der Waals surface area (Å²) in [5.74, 6) is -0.757. The summed E-state index contributed by atoms with van der Waals surface area (Å²) in [5, 5.41) is 10.1. The molecule has 0 heterocycles. The van der Waals surface area contributed by atoms with E-state index in [1.807, 2.05) is 55.5 Å². The van der Waals surface area contributed by atoms with E-state index < -0.39 is 11.4 Å². The molecule has 0 aliphatic rings. The largest absolute Gasteiger partial charge is 0.481 e. The van der Waals surface area contributed by atoms with Crippen LogP contribution in [0.3, 0.4) is 0 Å². The average molecular weight is 296 g/mol. The van der Waals surface area contributed by atoms with E-state index in [4.69, 9.17) is 0 Å². The van der Waals surface area contributed by atoms with Crippen molar-refractivity contribution in [2.24, 2.45) is 0 Å². The topological polar surface area (TPSA) is 37.3 Å². The number of carboxylic acids is 1. The van der Waals surface area contributed by atoms with Crippen LogP contribution >= 0.6 is 0 Å². The van der Waals surface area contributed by atoms with Gasteiger partial charge in [0.1, 0.15) is 0 Å². The third-order valence-electron chi connectivity index (χ3n) is 4.60. The van der Waals surface area contributed by atoms with E-state index in [0.717, 1.165) is 24.0 Å². The Morgan fingerprint density at radius 3 is 2.00 bits per heavy atom. The maximum atomic E-state index is 12.3. The van der Waals surface area contributed by atoms with E-state index in [-0.39, 0.29) is 5.92 Å². The van der Waals surface area contributed by atoms with E-state index in [0.29, 0.717) is 6.42 Å². The van der Waals surface area contributed by atoms with Crippen LogP contribution in [0.5, 0.6) is 0 Å². The van der Waals surface area contributed by atoms with Gasteiger partial charge in [-0.25, -0.2) is 0 Å². The summed E-state index contributed by atoms with van der Waals surface area (Å²) in [7, 11) is 0. The van der Waals surface area contributed by atoms with Crippen LogP contribution < -0.4 is 0 Å². The number of aliphatic carboxylic acids is 1. The van der Waals surface area contributed by atoms with Crippen molar-refractivity contribution >= 4 is 5.97 Å². The van der Waals surface area contributed by atoms with Crippen molar-refractivity contribution in [3.05, 3.63) is 71.8 Å². The molecule has 2 atom stereocenters. The predicted molar refractivity (Wildman–Crippen MR) is 90.1 cm³/mol. The second-order valence-electron chi connectivity index (χ2n) is 5.75. The van der Waals surface area contributed by atoms with Gasteiger partial charge in [-0.05, 0) is 24.0 Å². The van der Waals surface area contributed by atoms with E-state index in [9.17, 15) is 9.90 Å². The maximum absolute atomic E-state index is 12.3. The number of hydrogen-bond donors (Lipinski definition) is 1. The predicted octanol–water partition coefficient (Wildman–Crippen LogP) is 5.00. The van der Waals surface area contributed by atoms with Crippen LogP contribution in [0, 0.1) is 0 Å². The molecule has 2 unspecified atom stereocenters. The lowest BCUT2D eigenvalue weighted by atomic mass is 9.64. The van der Waals surface area contributed by atoms with Gasteiger partial charge in [0.15, 0.2) is 0 Å². The highest BCUT2D eigenvalue weighted by Crippen LogP contribution is 2.44. The Morgan fingerprint density at radius 2 is 1.55 bits per heavy atom. The van der Waals surface area contributed by atoms with Crippen molar-refractivity contribution in [2.75, 3.05) is 0 Å². The van der Waals surface area contributed by atoms with E-state index in [2.05, 4.69) is 19.1 Å². The van der Waals surface area contributed by atoms with Gasteiger partial charge in [-0.15, -0.1) is 0 Å². The minimum absolute atomic E-state index is 0.0244. The molecular formula is C20H24O2. The van der Waals surface area contributed by atoms with Crippen molar-refractivity contribution in [3.8, 4) is 0 Å². The Bertz CT molecular complexity index is 592. The van der Waals surface area contributed by atoms with Crippen LogP contribution in [0.2, 0.25) is 0 Å². The molecule has 1 N–H and O–H groups in total. The highest BCUT2D eigenvalue weighted by atomic mass is 16.4. The van der Waals surface area contributed by atoms with Gasteiger partial charge in [0.2, 0.25) is 0 Å². The Hall–Kier alpha value is -2.09. The number of benzene rings is 2. The van der Waals surface area contributed by atoms with Gasteiger partial charge in [-0.1, -0.05) is 80.9 Å². The van der Waals surface area contributed by atoms with Gasteiger partial charge < -0.3 is 5.11 Å². The Kier molecular flexibility index (Phi) is 5.37. The smallest absolute Gasteiger partial charge is 0.314 e. The minimum atomic E-state index is -0.876. The summed E-state index contributed by atoms with van der Waals surface area (Å²) in [6.45, 7) is 4.09. The van der Waals surface area contributed by atoms with Crippen LogP contribution in [-0.4, -0.2) is 11.1 Å². The molecule has 2 nitrogen and oxygen atoms in total. The standard InChI is InChI=1S/C20H24O2/c1-3-11-18(16-12-7-5-8-13-16)20(4-2,19(21)22)17-14-9-6-10-15-17/h5-10,12-15,18H,3-4,11H2,1-2H3,(H,21,22). The summed E-state index contributed by atoms with van der Waals surface area (Å²) in [6, 6.07) is 19.7. The van der Waals surface area contributed by atoms with Crippen molar-refractivity contribution in [2.45, 2.75) is 44.4 Å². The maximum Gasteiger partial charge on any atom is 0.314 e. The van der Waals surface area contributed by atoms with Gasteiger partial charge in [0.05, 0.1) is 5.41 Å². The molecule has 0 aromatic heterocycles. The molecule has 2 aromatic rings. The third kappa shape index (κ3) is 2.92. The van der Waals surface area contributed by atoms with Gasteiger partial charge in [-0.3, -0.25) is 4.79 Å². The summed E-state index contributed by atoms with van der Waals surface area (Å²) < 4.78 is 0. The number of hydrogen-bond acceptors (Lipinski definition) is 1. The van der Waals surface area contributed by atoms with Gasteiger partial charge in [-0.2, -0.15) is 0 Å². The molecule has 0 fully saturated rings. The molecule has 0 spiro atoms. The third-order valence-corrected chi connectivity index (χ3v) is 4.60. The van der Waals surface area contributed by atoms with Crippen molar-refractivity contribution in [1.82, 2.24) is 0 Å². The van der Waals surface area contributed by atoms with Gasteiger partial charge in [0.25, 0.3) is 0 Å². The number of carbonyl (C=O) groups is 1. The first-order valence-corrected chi connectivity index (χ1v) is 8.00. The zero-order valence-electron chi connectivity index (χ0n) is 13.3. The molecule has 0 amide bonds. The molecule has 0 saturated carbocycles. The highest BCUT2D eigenvalue weighted by Gasteiger charge is 2.46. The quantitative estimate of drug-likeness (QED) is 0.780. The lowest BCUT2D eigenvalue weighted by Gasteiger charge is -2.37. The fourth-order valence-electron chi connectivity index (χ4n) is 3.48. The van der Waals surface area contributed by atoms with Crippen LogP contribution in [0.4, 0.5) is 0 Å². The molecule has 22 heavy (non-hydrogen) atoms. The first-order valence-electron chi connectivity index (χ1n) is 8.00. The van der Waals surface area contributed by atoms with Gasteiger partial charge in [0, 0.05) is 5.92 Å². The zero-order valence-corrected chi connectivity index (χ0v) is 13.3. The average Bonchev–Trinajstić information content (AvgIpc) is 2.56. The van der Waals surface area contributed by atoms with Crippen LogP contribution in [-0.2, 0) is 10.2 Å². The lowest BCUT2D eigenvalue weighted by Crippen LogP contribution is -2.41. The highest BCUT2D eigenvalue weighted by molar-refractivity contribution is 5.83. The lowest BCUT2D eigenvalue weighted by molar-refractivity contribution is -0.145.